The summed E-state index contributed by atoms with van der Waals surface area (Å²) < 4.78 is 11.5. The van der Waals surface area contributed by atoms with Crippen molar-refractivity contribution in [1.82, 2.24) is 9.80 Å². The zero-order valence-corrected chi connectivity index (χ0v) is 17.8. The predicted octanol–water partition coefficient (Wildman–Crippen LogP) is 2.82. The lowest BCUT2D eigenvalue weighted by atomic mass is 10.2. The van der Waals surface area contributed by atoms with Crippen LogP contribution in [-0.2, 0) is 15.3 Å². The van der Waals surface area contributed by atoms with Gasteiger partial charge in [0.05, 0.1) is 5.25 Å². The second kappa shape index (κ2) is 9.43. The normalized spacial score (nSPS) is 19.3. The minimum absolute atomic E-state index is 0.0805. The fraction of sp³-hybridized carbons (Fsp3) is 0.391. The zero-order chi connectivity index (χ0) is 20.9. The van der Waals surface area contributed by atoms with Gasteiger partial charge in [-0.25, -0.2) is 0 Å². The van der Waals surface area contributed by atoms with Crippen LogP contribution in [0.25, 0.3) is 0 Å². The molecule has 0 spiro atoms. The van der Waals surface area contributed by atoms with E-state index in [0.29, 0.717) is 37.7 Å². The summed E-state index contributed by atoms with van der Waals surface area (Å²) in [6.45, 7) is 4.29. The van der Waals surface area contributed by atoms with Crippen molar-refractivity contribution < 1.29 is 19.1 Å². The zero-order valence-electron chi connectivity index (χ0n) is 17.0. The van der Waals surface area contributed by atoms with Gasteiger partial charge in [-0.05, 0) is 24.6 Å². The molecule has 2 atom stereocenters. The van der Waals surface area contributed by atoms with E-state index in [9.17, 15) is 9.59 Å². The quantitative estimate of drug-likeness (QED) is 0.736. The van der Waals surface area contributed by atoms with Crippen molar-refractivity contribution in [1.29, 1.82) is 0 Å². The summed E-state index contributed by atoms with van der Waals surface area (Å²) in [6, 6.07) is 17.5. The average Bonchev–Trinajstić information content (AvgIpc) is 2.82. The van der Waals surface area contributed by atoms with Crippen molar-refractivity contribution in [2.45, 2.75) is 24.0 Å². The molecule has 2 amide bonds. The van der Waals surface area contributed by atoms with Crippen LogP contribution >= 0.6 is 11.8 Å². The Morgan fingerprint density at radius 2 is 1.60 bits per heavy atom. The van der Waals surface area contributed by atoms with Gasteiger partial charge in [-0.1, -0.05) is 42.5 Å². The fourth-order valence-electron chi connectivity index (χ4n) is 3.62. The number of amides is 2. The topological polar surface area (TPSA) is 59.1 Å². The summed E-state index contributed by atoms with van der Waals surface area (Å²) in [6.07, 6.45) is -0.637. The number of fused-ring (bicyclic) bond motifs is 1. The number of hydrogen-bond acceptors (Lipinski definition) is 5. The van der Waals surface area contributed by atoms with E-state index in [1.54, 1.807) is 22.7 Å². The fourth-order valence-corrected chi connectivity index (χ4v) is 4.54. The van der Waals surface area contributed by atoms with E-state index < -0.39 is 6.10 Å². The molecular formula is C23H26N2O4S. The molecule has 6 nitrogen and oxygen atoms in total. The Balaban J connectivity index is 1.25. The van der Waals surface area contributed by atoms with Crippen LogP contribution in [0, 0.1) is 0 Å². The molecule has 2 heterocycles. The highest BCUT2D eigenvalue weighted by Crippen LogP contribution is 2.31. The van der Waals surface area contributed by atoms with Crippen molar-refractivity contribution in [3.05, 3.63) is 60.2 Å². The maximum Gasteiger partial charge on any atom is 0.267 e. The number of para-hydroxylation sites is 2. The first-order valence-electron chi connectivity index (χ1n) is 10.2. The molecule has 2 aromatic carbocycles. The highest BCUT2D eigenvalue weighted by atomic mass is 32.2. The number of carbonyl (C=O) groups excluding carboxylic acids is 2. The van der Waals surface area contributed by atoms with Gasteiger partial charge in [0, 0.05) is 31.9 Å². The number of thioether (sulfide) groups is 1. The molecule has 0 saturated carbocycles. The minimum Gasteiger partial charge on any atom is -0.485 e. The maximum atomic E-state index is 12.8. The van der Waals surface area contributed by atoms with Crippen molar-refractivity contribution in [2.75, 3.05) is 32.8 Å². The van der Waals surface area contributed by atoms with E-state index in [2.05, 4.69) is 12.1 Å². The van der Waals surface area contributed by atoms with Gasteiger partial charge < -0.3 is 19.3 Å². The van der Waals surface area contributed by atoms with Gasteiger partial charge in [-0.2, -0.15) is 0 Å². The van der Waals surface area contributed by atoms with Crippen LogP contribution in [0.5, 0.6) is 11.5 Å². The van der Waals surface area contributed by atoms with E-state index in [0.717, 1.165) is 5.75 Å². The van der Waals surface area contributed by atoms with Crippen LogP contribution in [0.1, 0.15) is 12.5 Å². The first kappa shape index (κ1) is 20.6. The molecule has 1 saturated heterocycles. The highest BCUT2D eigenvalue weighted by molar-refractivity contribution is 7.99. The monoisotopic (exact) mass is 426 g/mol. The third-order valence-corrected chi connectivity index (χ3v) is 6.58. The molecule has 1 fully saturated rings. The first-order valence-corrected chi connectivity index (χ1v) is 11.3. The summed E-state index contributed by atoms with van der Waals surface area (Å²) in [5.41, 5.74) is 1.22. The molecule has 7 heteroatoms. The molecule has 0 bridgehead atoms. The highest BCUT2D eigenvalue weighted by Gasteiger charge is 2.34. The largest absolute Gasteiger partial charge is 0.485 e. The van der Waals surface area contributed by atoms with Gasteiger partial charge in [0.25, 0.3) is 5.91 Å². The van der Waals surface area contributed by atoms with E-state index in [-0.39, 0.29) is 23.7 Å². The molecular weight excluding hydrogens is 400 g/mol. The molecule has 0 aliphatic carbocycles. The van der Waals surface area contributed by atoms with E-state index in [1.807, 2.05) is 48.2 Å². The Labute approximate surface area is 181 Å². The maximum absolute atomic E-state index is 12.8. The van der Waals surface area contributed by atoms with Crippen molar-refractivity contribution >= 4 is 23.6 Å². The molecule has 158 valence electrons. The van der Waals surface area contributed by atoms with Crippen LogP contribution in [0.4, 0.5) is 0 Å². The Morgan fingerprint density at radius 3 is 2.33 bits per heavy atom. The third-order valence-electron chi connectivity index (χ3n) is 5.38. The lowest BCUT2D eigenvalue weighted by Crippen LogP contribution is -2.56. The lowest BCUT2D eigenvalue weighted by molar-refractivity contribution is -0.146. The molecule has 0 N–H and O–H groups in total. The molecule has 2 unspecified atom stereocenters. The van der Waals surface area contributed by atoms with Crippen molar-refractivity contribution in [3.63, 3.8) is 0 Å². The van der Waals surface area contributed by atoms with Crippen LogP contribution in [0.2, 0.25) is 0 Å². The number of carbonyl (C=O) groups is 2. The van der Waals surface area contributed by atoms with Gasteiger partial charge in [0.15, 0.2) is 11.5 Å². The van der Waals surface area contributed by atoms with Gasteiger partial charge in [-0.3, -0.25) is 9.59 Å². The number of piperazine rings is 1. The van der Waals surface area contributed by atoms with Crippen LogP contribution in [-0.4, -0.2) is 65.8 Å². The smallest absolute Gasteiger partial charge is 0.267 e. The summed E-state index contributed by atoms with van der Waals surface area (Å²) in [5.74, 6) is 2.13. The molecule has 4 rings (SSSR count). The van der Waals surface area contributed by atoms with Gasteiger partial charge in [0.2, 0.25) is 12.0 Å². The van der Waals surface area contributed by atoms with Crippen molar-refractivity contribution in [2.24, 2.45) is 0 Å². The summed E-state index contributed by atoms with van der Waals surface area (Å²) in [5, 5.41) is -0.112. The lowest BCUT2D eigenvalue weighted by Gasteiger charge is -2.37. The summed E-state index contributed by atoms with van der Waals surface area (Å²) >= 11 is 1.65. The second-order valence-corrected chi connectivity index (χ2v) is 8.78. The summed E-state index contributed by atoms with van der Waals surface area (Å²) in [4.78, 5) is 29.3. The van der Waals surface area contributed by atoms with Gasteiger partial charge in [0.1, 0.15) is 6.61 Å². The number of nitrogens with zero attached hydrogens (tertiary/aromatic N) is 2. The standard InChI is InChI=1S/C23H26N2O4S/c1-17(30-16-18-7-3-2-4-8-18)22(26)24-11-13-25(14-12-24)23(27)21-15-28-19-9-5-6-10-20(19)29-21/h2-10,17,21H,11-16H2,1H3. The average molecular weight is 427 g/mol. The van der Waals surface area contributed by atoms with Crippen molar-refractivity contribution in [3.8, 4) is 11.5 Å². The van der Waals surface area contributed by atoms with E-state index >= 15 is 0 Å². The Morgan fingerprint density at radius 1 is 0.967 bits per heavy atom. The number of rotatable bonds is 5. The molecule has 0 aromatic heterocycles. The van der Waals surface area contributed by atoms with E-state index in [4.69, 9.17) is 9.47 Å². The summed E-state index contributed by atoms with van der Waals surface area (Å²) in [7, 11) is 0. The Kier molecular flexibility index (Phi) is 6.47. The predicted molar refractivity (Wildman–Crippen MR) is 117 cm³/mol. The van der Waals surface area contributed by atoms with Crippen LogP contribution in [0.15, 0.2) is 54.6 Å². The molecule has 30 heavy (non-hydrogen) atoms. The SMILES string of the molecule is CC(SCc1ccccc1)C(=O)N1CCN(C(=O)C2COc3ccccc3O2)CC1. The molecule has 2 aromatic rings. The van der Waals surface area contributed by atoms with Gasteiger partial charge >= 0.3 is 0 Å². The molecule has 2 aliphatic rings. The van der Waals surface area contributed by atoms with Crippen LogP contribution < -0.4 is 9.47 Å². The third kappa shape index (κ3) is 4.73. The second-order valence-electron chi connectivity index (χ2n) is 7.45. The van der Waals surface area contributed by atoms with Crippen LogP contribution in [0.3, 0.4) is 0 Å². The number of benzene rings is 2. The Bertz CT molecular complexity index is 884. The minimum atomic E-state index is -0.637. The molecule has 0 radical (unpaired) electrons. The first-order chi connectivity index (χ1) is 14.6. The van der Waals surface area contributed by atoms with E-state index in [1.165, 1.54) is 5.56 Å². The molecule has 2 aliphatic heterocycles. The van der Waals surface area contributed by atoms with Gasteiger partial charge in [-0.15, -0.1) is 11.8 Å². The Hall–Kier alpha value is -2.67. The number of ether oxygens (including phenoxy) is 2. The number of hydrogen-bond donors (Lipinski definition) is 0.